The van der Waals surface area contributed by atoms with Crippen LogP contribution >= 0.6 is 0 Å². The fourth-order valence-corrected chi connectivity index (χ4v) is 7.55. The van der Waals surface area contributed by atoms with Gasteiger partial charge in [-0.3, -0.25) is 19.4 Å². The first kappa shape index (κ1) is 55.1. The standard InChI is InChI=1S/C48H92N2O7/c1-3-5-7-9-11-13-15-16-17-18-19-20-21-22-23-24-26-28-30-32-34-41-57-48(55)44-50(43-47(53)54)37-35-36-49(38-39-51)42-46(45-52)56-40-33-31-29-27-25-14-12-10-8-6-4-2/h51H,3-44H2,1-2H3,(H,53,54). The minimum absolute atomic E-state index is 0.0740. The summed E-state index contributed by atoms with van der Waals surface area (Å²) in [6.07, 6.45) is 42.1. The molecule has 0 aromatic rings. The third-order valence-electron chi connectivity index (χ3n) is 11.1. The van der Waals surface area contributed by atoms with E-state index in [1.165, 1.54) is 173 Å². The topological polar surface area (TPSA) is 117 Å². The molecule has 9 nitrogen and oxygen atoms in total. The Morgan fingerprint density at radius 1 is 0.439 bits per heavy atom. The molecule has 0 amide bonds. The van der Waals surface area contributed by atoms with E-state index < -0.39 is 11.9 Å². The van der Waals surface area contributed by atoms with Gasteiger partial charge in [0.1, 0.15) is 0 Å². The lowest BCUT2D eigenvalue weighted by molar-refractivity contribution is -0.146. The molecule has 0 aromatic carbocycles. The van der Waals surface area contributed by atoms with Gasteiger partial charge in [-0.1, -0.05) is 206 Å². The highest BCUT2D eigenvalue weighted by Crippen LogP contribution is 2.16. The first-order chi connectivity index (χ1) is 28.0. The van der Waals surface area contributed by atoms with Gasteiger partial charge in [-0.25, -0.2) is 4.79 Å². The van der Waals surface area contributed by atoms with Gasteiger partial charge in [0.05, 0.1) is 39.5 Å². The zero-order valence-electron chi connectivity index (χ0n) is 37.5. The molecule has 2 N–H and O–H groups in total. The lowest BCUT2D eigenvalue weighted by atomic mass is 10.0. The van der Waals surface area contributed by atoms with Crippen LogP contribution in [0.15, 0.2) is 5.76 Å². The normalized spacial score (nSPS) is 11.4. The Morgan fingerprint density at radius 3 is 1.14 bits per heavy atom. The van der Waals surface area contributed by atoms with E-state index >= 15 is 0 Å². The van der Waals surface area contributed by atoms with Crippen molar-refractivity contribution in [2.24, 2.45) is 0 Å². The van der Waals surface area contributed by atoms with E-state index in [9.17, 15) is 24.6 Å². The highest BCUT2D eigenvalue weighted by Gasteiger charge is 2.16. The molecule has 0 aliphatic heterocycles. The lowest BCUT2D eigenvalue weighted by Crippen LogP contribution is -2.38. The van der Waals surface area contributed by atoms with Gasteiger partial charge in [0.15, 0.2) is 11.7 Å². The van der Waals surface area contributed by atoms with Crippen LogP contribution in [0.4, 0.5) is 0 Å². The summed E-state index contributed by atoms with van der Waals surface area (Å²) >= 11 is 0. The molecule has 336 valence electrons. The van der Waals surface area contributed by atoms with Crippen molar-refractivity contribution in [3.8, 4) is 0 Å². The molecule has 0 fully saturated rings. The zero-order valence-corrected chi connectivity index (χ0v) is 37.5. The molecule has 0 unspecified atom stereocenters. The average Bonchev–Trinajstić information content (AvgIpc) is 3.19. The Labute approximate surface area is 351 Å². The van der Waals surface area contributed by atoms with Crippen LogP contribution in [0.5, 0.6) is 0 Å². The van der Waals surface area contributed by atoms with Crippen molar-refractivity contribution in [2.75, 3.05) is 59.1 Å². The fourth-order valence-electron chi connectivity index (χ4n) is 7.55. The number of carbonyl (C=O) groups excluding carboxylic acids is 2. The van der Waals surface area contributed by atoms with E-state index in [-0.39, 0.29) is 32.0 Å². The SMILES string of the molecule is CCCCCCCCCCCCCCCCCCCCCCCOC(=O)CN(CCCN(CCO)CC(=C=O)OCCCCCCCCCCCCC)CC(=O)O. The van der Waals surface area contributed by atoms with Gasteiger partial charge in [-0.2, -0.15) is 0 Å². The fraction of sp³-hybridized carbons (Fsp3) is 0.917. The Bertz CT molecular complexity index is 926. The first-order valence-electron chi connectivity index (χ1n) is 24.3. The Hall–Kier alpha value is -1.93. The summed E-state index contributed by atoms with van der Waals surface area (Å²) in [6, 6.07) is 0. The smallest absolute Gasteiger partial charge is 0.320 e. The molecule has 9 heteroatoms. The van der Waals surface area contributed by atoms with E-state index in [1.807, 2.05) is 10.8 Å². The van der Waals surface area contributed by atoms with Gasteiger partial charge < -0.3 is 19.7 Å². The summed E-state index contributed by atoms with van der Waals surface area (Å²) in [5, 5.41) is 19.0. The molecule has 0 bridgehead atoms. The molecule has 0 aromatic heterocycles. The zero-order chi connectivity index (χ0) is 41.7. The van der Waals surface area contributed by atoms with Crippen molar-refractivity contribution in [1.29, 1.82) is 0 Å². The second-order valence-electron chi connectivity index (χ2n) is 16.7. The Kier molecular flexibility index (Phi) is 43.6. The number of unbranched alkanes of at least 4 members (excludes halogenated alkanes) is 30. The number of ether oxygens (including phenoxy) is 2. The summed E-state index contributed by atoms with van der Waals surface area (Å²) in [5.41, 5.74) is 0. The predicted octanol–water partition coefficient (Wildman–Crippen LogP) is 11.9. The van der Waals surface area contributed by atoms with Crippen LogP contribution in [0.25, 0.3) is 0 Å². The molecule has 0 saturated carbocycles. The number of carboxylic acids is 1. The van der Waals surface area contributed by atoms with E-state index in [2.05, 4.69) is 13.8 Å². The third-order valence-corrected chi connectivity index (χ3v) is 11.1. The van der Waals surface area contributed by atoms with E-state index in [4.69, 9.17) is 9.47 Å². The lowest BCUT2D eigenvalue weighted by Gasteiger charge is -2.24. The Balaban J connectivity index is 3.96. The van der Waals surface area contributed by atoms with Crippen LogP contribution in [-0.2, 0) is 23.9 Å². The highest BCUT2D eigenvalue weighted by atomic mass is 16.5. The van der Waals surface area contributed by atoms with Gasteiger partial charge in [0.25, 0.3) is 0 Å². The predicted molar refractivity (Wildman–Crippen MR) is 237 cm³/mol. The molecule has 0 aliphatic carbocycles. The van der Waals surface area contributed by atoms with Crippen LogP contribution in [0.1, 0.15) is 226 Å². The number of hydrogen-bond acceptors (Lipinski definition) is 8. The quantitative estimate of drug-likeness (QED) is 0.0268. The van der Waals surface area contributed by atoms with Crippen LogP contribution in [0, 0.1) is 0 Å². The molecule has 0 atom stereocenters. The summed E-state index contributed by atoms with van der Waals surface area (Å²) < 4.78 is 11.2. The van der Waals surface area contributed by atoms with Crippen molar-refractivity contribution < 1.29 is 34.1 Å². The molecular formula is C48H92N2O7. The number of aliphatic hydroxyl groups is 1. The first-order valence-corrected chi connectivity index (χ1v) is 24.3. The Morgan fingerprint density at radius 2 is 0.789 bits per heavy atom. The van der Waals surface area contributed by atoms with Gasteiger partial charge in [-0.15, -0.1) is 0 Å². The van der Waals surface area contributed by atoms with Crippen LogP contribution in [0.2, 0.25) is 0 Å². The number of nitrogens with zero attached hydrogens (tertiary/aromatic N) is 2. The molecule has 0 rings (SSSR count). The van der Waals surface area contributed by atoms with Crippen molar-refractivity contribution in [2.45, 2.75) is 226 Å². The average molecular weight is 809 g/mol. The summed E-state index contributed by atoms with van der Waals surface area (Å²) in [4.78, 5) is 39.1. The second-order valence-corrected chi connectivity index (χ2v) is 16.7. The number of hydrogen-bond donors (Lipinski definition) is 2. The van der Waals surface area contributed by atoms with E-state index in [0.717, 1.165) is 32.1 Å². The number of esters is 1. The number of rotatable bonds is 47. The van der Waals surface area contributed by atoms with Crippen LogP contribution in [-0.4, -0.2) is 97.0 Å². The largest absolute Gasteiger partial charge is 0.485 e. The van der Waals surface area contributed by atoms with E-state index in [1.54, 1.807) is 4.90 Å². The minimum atomic E-state index is -0.999. The van der Waals surface area contributed by atoms with Gasteiger partial charge in [-0.05, 0) is 25.8 Å². The number of aliphatic hydroxyl groups excluding tert-OH is 1. The molecule has 0 heterocycles. The van der Waals surface area contributed by atoms with Crippen molar-refractivity contribution in [1.82, 2.24) is 9.80 Å². The maximum Gasteiger partial charge on any atom is 0.320 e. The second kappa shape index (κ2) is 45.2. The highest BCUT2D eigenvalue weighted by molar-refractivity contribution is 5.74. The van der Waals surface area contributed by atoms with Crippen molar-refractivity contribution >= 4 is 17.9 Å². The van der Waals surface area contributed by atoms with Gasteiger partial charge in [0.2, 0.25) is 0 Å². The molecule has 0 saturated heterocycles. The van der Waals surface area contributed by atoms with Crippen LogP contribution in [0.3, 0.4) is 0 Å². The molecule has 0 aliphatic rings. The molecule has 57 heavy (non-hydrogen) atoms. The molecule has 0 spiro atoms. The number of carbonyl (C=O) groups is 2. The van der Waals surface area contributed by atoms with E-state index in [0.29, 0.717) is 39.3 Å². The third kappa shape index (κ3) is 42.0. The maximum absolute atomic E-state index is 12.5. The number of carboxylic acid groups (broad SMARTS) is 1. The van der Waals surface area contributed by atoms with Crippen molar-refractivity contribution in [3.63, 3.8) is 0 Å². The molecular weight excluding hydrogens is 717 g/mol. The summed E-state index contributed by atoms with van der Waals surface area (Å²) in [7, 11) is 0. The maximum atomic E-state index is 12.5. The van der Waals surface area contributed by atoms with Crippen LogP contribution < -0.4 is 0 Å². The number of aliphatic carboxylic acids is 1. The summed E-state index contributed by atoms with van der Waals surface area (Å²) in [5.74, 6) is 0.736. The monoisotopic (exact) mass is 809 g/mol. The van der Waals surface area contributed by atoms with Crippen molar-refractivity contribution in [3.05, 3.63) is 5.76 Å². The molecule has 0 radical (unpaired) electrons. The van der Waals surface area contributed by atoms with Gasteiger partial charge in [0, 0.05) is 13.1 Å². The summed E-state index contributed by atoms with van der Waals surface area (Å²) in [6.45, 7) is 6.44. The van der Waals surface area contributed by atoms with Gasteiger partial charge >= 0.3 is 11.9 Å². The minimum Gasteiger partial charge on any atom is -0.485 e.